The summed E-state index contributed by atoms with van der Waals surface area (Å²) in [5, 5.41) is 19.7. The highest BCUT2D eigenvalue weighted by Crippen LogP contribution is 2.33. The molecule has 1 amide bonds. The number of amides is 1. The first-order chi connectivity index (χ1) is 8.98. The minimum atomic E-state index is -1.57. The summed E-state index contributed by atoms with van der Waals surface area (Å²) in [6.45, 7) is 0.675. The van der Waals surface area contributed by atoms with Crippen LogP contribution >= 0.6 is 11.6 Å². The van der Waals surface area contributed by atoms with Crippen molar-refractivity contribution in [3.63, 3.8) is 0 Å². The molecule has 100 valence electrons. The molecule has 1 atom stereocenters. The van der Waals surface area contributed by atoms with Gasteiger partial charge in [-0.15, -0.1) is 0 Å². The molecular weight excluding hydrogens is 266 g/mol. The smallest absolute Gasteiger partial charge is 0.251 e. The molecule has 5 nitrogen and oxygen atoms in total. The third-order valence-electron chi connectivity index (χ3n) is 3.35. The van der Waals surface area contributed by atoms with Crippen LogP contribution in [0.2, 0.25) is 5.02 Å². The zero-order valence-electron chi connectivity index (χ0n) is 10.3. The van der Waals surface area contributed by atoms with E-state index in [-0.39, 0.29) is 6.54 Å². The largest absolute Gasteiger partial charge is 0.378 e. The van der Waals surface area contributed by atoms with Crippen LogP contribution in [0.25, 0.3) is 0 Å². The number of piperidine rings is 1. The Hall–Kier alpha value is -1.77. The van der Waals surface area contributed by atoms with Gasteiger partial charge in [-0.25, -0.2) is 0 Å². The van der Waals surface area contributed by atoms with Crippen LogP contribution in [0.1, 0.15) is 18.4 Å². The van der Waals surface area contributed by atoms with Crippen LogP contribution in [0.4, 0.5) is 5.69 Å². The molecule has 1 aromatic rings. The maximum Gasteiger partial charge on any atom is 0.251 e. The lowest BCUT2D eigenvalue weighted by molar-refractivity contribution is -0.137. The quantitative estimate of drug-likeness (QED) is 0.846. The first-order valence-corrected chi connectivity index (χ1v) is 6.31. The Balaban J connectivity index is 2.38. The highest BCUT2D eigenvalue weighted by Gasteiger charge is 2.39. The molecule has 1 aromatic carbocycles. The van der Waals surface area contributed by atoms with Crippen LogP contribution in [0, 0.1) is 11.3 Å². The maximum atomic E-state index is 11.3. The summed E-state index contributed by atoms with van der Waals surface area (Å²) in [6.07, 6.45) is 0.931. The average molecular weight is 280 g/mol. The number of β-amino-alcohol motifs (C(OH)–C–C–N with tert-alkyl or cyclic N) is 1. The molecule has 6 heteroatoms. The Labute approximate surface area is 116 Å². The van der Waals surface area contributed by atoms with Crippen molar-refractivity contribution < 1.29 is 9.90 Å². The van der Waals surface area contributed by atoms with Gasteiger partial charge in [0.1, 0.15) is 6.07 Å². The lowest BCUT2D eigenvalue weighted by Crippen LogP contribution is -2.56. The number of nitrogens with two attached hydrogens (primary N) is 1. The van der Waals surface area contributed by atoms with Crippen molar-refractivity contribution in [2.75, 3.05) is 18.0 Å². The highest BCUT2D eigenvalue weighted by atomic mass is 35.5. The predicted octanol–water partition coefficient (Wildman–Crippen LogP) is 1.03. The van der Waals surface area contributed by atoms with Crippen molar-refractivity contribution in [2.24, 2.45) is 5.73 Å². The first-order valence-electron chi connectivity index (χ1n) is 5.94. The summed E-state index contributed by atoms with van der Waals surface area (Å²) >= 11 is 6.12. The molecule has 2 rings (SSSR count). The maximum absolute atomic E-state index is 11.3. The molecule has 1 fully saturated rings. The SMILES string of the molecule is N#Cc1cccc(Cl)c1N1CCCC(O)(C(N)=O)C1. The van der Waals surface area contributed by atoms with Gasteiger partial charge in [-0.2, -0.15) is 5.26 Å². The van der Waals surface area contributed by atoms with Gasteiger partial charge >= 0.3 is 0 Å². The van der Waals surface area contributed by atoms with Gasteiger partial charge in [0.15, 0.2) is 5.60 Å². The van der Waals surface area contributed by atoms with Gasteiger partial charge in [0, 0.05) is 6.54 Å². The van der Waals surface area contributed by atoms with Gasteiger partial charge in [0.25, 0.3) is 5.91 Å². The summed E-state index contributed by atoms with van der Waals surface area (Å²) < 4.78 is 0. The zero-order valence-corrected chi connectivity index (χ0v) is 11.0. The number of carbonyl (C=O) groups is 1. The zero-order chi connectivity index (χ0) is 14.0. The van der Waals surface area contributed by atoms with Crippen molar-refractivity contribution in [1.29, 1.82) is 5.26 Å². The molecule has 1 unspecified atom stereocenters. The number of hydrogen-bond acceptors (Lipinski definition) is 4. The molecule has 0 aliphatic carbocycles. The van der Waals surface area contributed by atoms with Crippen molar-refractivity contribution in [2.45, 2.75) is 18.4 Å². The summed E-state index contributed by atoms with van der Waals surface area (Å²) in [6, 6.07) is 7.08. The molecule has 1 heterocycles. The molecule has 1 aliphatic rings. The molecular formula is C13H14ClN3O2. The second-order valence-electron chi connectivity index (χ2n) is 4.67. The number of halogens is 1. The van der Waals surface area contributed by atoms with Gasteiger partial charge < -0.3 is 15.7 Å². The third kappa shape index (κ3) is 2.50. The van der Waals surface area contributed by atoms with Gasteiger partial charge in [-0.05, 0) is 25.0 Å². The Kier molecular flexibility index (Phi) is 3.65. The Morgan fingerprint density at radius 1 is 1.58 bits per heavy atom. The molecule has 0 radical (unpaired) electrons. The number of anilines is 1. The molecule has 0 saturated carbocycles. The molecule has 3 N–H and O–H groups in total. The number of hydrogen-bond donors (Lipinski definition) is 2. The second-order valence-corrected chi connectivity index (χ2v) is 5.08. The molecule has 1 saturated heterocycles. The Bertz CT molecular complexity index is 555. The fourth-order valence-corrected chi connectivity index (χ4v) is 2.65. The average Bonchev–Trinajstić information content (AvgIpc) is 2.38. The van der Waals surface area contributed by atoms with Crippen LogP contribution in [0.5, 0.6) is 0 Å². The number of nitriles is 1. The van der Waals surface area contributed by atoms with Crippen molar-refractivity contribution >= 4 is 23.2 Å². The van der Waals surface area contributed by atoms with E-state index in [0.717, 1.165) is 0 Å². The first kappa shape index (κ1) is 13.7. The Morgan fingerprint density at radius 3 is 2.95 bits per heavy atom. The minimum Gasteiger partial charge on any atom is -0.378 e. The molecule has 0 spiro atoms. The van der Waals surface area contributed by atoms with E-state index < -0.39 is 11.5 Å². The van der Waals surface area contributed by atoms with E-state index in [9.17, 15) is 9.90 Å². The van der Waals surface area contributed by atoms with Gasteiger partial charge in [-0.3, -0.25) is 4.79 Å². The van der Waals surface area contributed by atoms with E-state index in [4.69, 9.17) is 22.6 Å². The van der Waals surface area contributed by atoms with Crippen LogP contribution < -0.4 is 10.6 Å². The minimum absolute atomic E-state index is 0.0563. The molecule has 1 aliphatic heterocycles. The van der Waals surface area contributed by atoms with Gasteiger partial charge in [0.05, 0.1) is 22.8 Å². The number of aliphatic hydroxyl groups is 1. The van der Waals surface area contributed by atoms with Crippen LogP contribution in [-0.4, -0.2) is 29.7 Å². The fraction of sp³-hybridized carbons (Fsp3) is 0.385. The number of primary amides is 1. The monoisotopic (exact) mass is 279 g/mol. The number of nitrogens with zero attached hydrogens (tertiary/aromatic N) is 2. The van der Waals surface area contributed by atoms with Crippen LogP contribution in [0.15, 0.2) is 18.2 Å². The molecule has 0 bridgehead atoms. The van der Waals surface area contributed by atoms with Crippen molar-refractivity contribution in [3.05, 3.63) is 28.8 Å². The summed E-state index contributed by atoms with van der Waals surface area (Å²) in [4.78, 5) is 13.1. The summed E-state index contributed by atoms with van der Waals surface area (Å²) in [7, 11) is 0. The standard InChI is InChI=1S/C13H14ClN3O2/c14-10-4-1-3-9(7-15)11(10)17-6-2-5-13(19,8-17)12(16)18/h1,3-4,19H,2,5-6,8H2,(H2,16,18). The number of carbonyl (C=O) groups excluding carboxylic acids is 1. The highest BCUT2D eigenvalue weighted by molar-refractivity contribution is 6.33. The fourth-order valence-electron chi connectivity index (χ4n) is 2.36. The lowest BCUT2D eigenvalue weighted by atomic mass is 9.91. The summed E-state index contributed by atoms with van der Waals surface area (Å²) in [5.74, 6) is -0.747. The molecule has 19 heavy (non-hydrogen) atoms. The van der Waals surface area contributed by atoms with Crippen LogP contribution in [-0.2, 0) is 4.79 Å². The number of rotatable bonds is 2. The number of benzene rings is 1. The van der Waals surface area contributed by atoms with Crippen molar-refractivity contribution in [3.8, 4) is 6.07 Å². The van der Waals surface area contributed by atoms with Crippen molar-refractivity contribution in [1.82, 2.24) is 0 Å². The topological polar surface area (TPSA) is 90.3 Å². The number of para-hydroxylation sites is 1. The Morgan fingerprint density at radius 2 is 2.32 bits per heavy atom. The van der Waals surface area contributed by atoms with E-state index in [1.54, 1.807) is 23.1 Å². The van der Waals surface area contributed by atoms with E-state index in [2.05, 4.69) is 6.07 Å². The normalized spacial score (nSPS) is 22.9. The van der Waals surface area contributed by atoms with Gasteiger partial charge in [-0.1, -0.05) is 17.7 Å². The van der Waals surface area contributed by atoms with E-state index in [1.807, 2.05) is 0 Å². The van der Waals surface area contributed by atoms with E-state index in [1.165, 1.54) is 0 Å². The second kappa shape index (κ2) is 5.08. The molecule has 0 aromatic heterocycles. The predicted molar refractivity (Wildman–Crippen MR) is 71.8 cm³/mol. The van der Waals surface area contributed by atoms with Crippen LogP contribution in [0.3, 0.4) is 0 Å². The summed E-state index contributed by atoms with van der Waals surface area (Å²) in [5.41, 5.74) is 4.64. The van der Waals surface area contributed by atoms with E-state index in [0.29, 0.717) is 35.7 Å². The van der Waals surface area contributed by atoms with E-state index >= 15 is 0 Å². The van der Waals surface area contributed by atoms with Gasteiger partial charge in [0.2, 0.25) is 0 Å². The lowest BCUT2D eigenvalue weighted by Gasteiger charge is -2.39. The third-order valence-corrected chi connectivity index (χ3v) is 3.66.